The van der Waals surface area contributed by atoms with Gasteiger partial charge < -0.3 is 9.53 Å². The number of aliphatic carboxylic acids is 1. The molecule has 4 heteroatoms. The quantitative estimate of drug-likeness (QED) is 0.323. The van der Waals surface area contributed by atoms with E-state index in [1.54, 1.807) is 0 Å². The van der Waals surface area contributed by atoms with Crippen LogP contribution in [-0.4, -0.2) is 25.5 Å². The Labute approximate surface area is 191 Å². The zero-order valence-corrected chi connectivity index (χ0v) is 19.3. The van der Waals surface area contributed by atoms with Crippen LogP contribution >= 0.6 is 0 Å². The van der Waals surface area contributed by atoms with Crippen molar-refractivity contribution in [2.45, 2.75) is 37.1 Å². The first-order chi connectivity index (χ1) is 15.6. The molecule has 3 aromatic rings. The largest absolute Gasteiger partial charge is 0.481 e. The standard InChI is InChI=1S/C28H30O3Si/c29-28(30)19-26-16-17-27(18-26)31-32(20-23-10-4-1-5-11-23,21-24-12-6-2-7-13-24)22-25-14-8-3-9-15-25/h1-17,26-27H,18-22H2,(H,29,30). The summed E-state index contributed by atoms with van der Waals surface area (Å²) in [6.45, 7) is 0. The van der Waals surface area contributed by atoms with Crippen molar-refractivity contribution in [2.24, 2.45) is 5.92 Å². The van der Waals surface area contributed by atoms with Crippen LogP contribution in [0.1, 0.15) is 29.5 Å². The molecule has 0 amide bonds. The van der Waals surface area contributed by atoms with Gasteiger partial charge in [-0.3, -0.25) is 4.79 Å². The van der Waals surface area contributed by atoms with E-state index in [4.69, 9.17) is 4.43 Å². The maximum Gasteiger partial charge on any atom is 0.303 e. The van der Waals surface area contributed by atoms with Crippen molar-refractivity contribution in [3.63, 3.8) is 0 Å². The van der Waals surface area contributed by atoms with Crippen LogP contribution in [-0.2, 0) is 27.4 Å². The number of carboxylic acids is 1. The van der Waals surface area contributed by atoms with Crippen molar-refractivity contribution in [3.8, 4) is 0 Å². The molecule has 0 radical (unpaired) electrons. The van der Waals surface area contributed by atoms with Gasteiger partial charge in [0.1, 0.15) is 0 Å². The average Bonchev–Trinajstić information content (AvgIpc) is 3.21. The molecule has 0 heterocycles. The lowest BCUT2D eigenvalue weighted by Crippen LogP contribution is -2.49. The van der Waals surface area contributed by atoms with E-state index in [0.29, 0.717) is 0 Å². The summed E-state index contributed by atoms with van der Waals surface area (Å²) in [5.41, 5.74) is 3.90. The van der Waals surface area contributed by atoms with Gasteiger partial charge >= 0.3 is 5.97 Å². The number of hydrogen-bond donors (Lipinski definition) is 1. The van der Waals surface area contributed by atoms with Gasteiger partial charge in [-0.25, -0.2) is 0 Å². The molecule has 0 fully saturated rings. The van der Waals surface area contributed by atoms with Crippen LogP contribution in [0.3, 0.4) is 0 Å². The topological polar surface area (TPSA) is 46.5 Å². The second kappa shape index (κ2) is 10.6. The zero-order chi connectivity index (χ0) is 22.2. The summed E-state index contributed by atoms with van der Waals surface area (Å²) < 4.78 is 7.08. The highest BCUT2D eigenvalue weighted by atomic mass is 28.4. The molecule has 1 aliphatic rings. The summed E-state index contributed by atoms with van der Waals surface area (Å²) in [7, 11) is -2.35. The molecule has 0 saturated heterocycles. The minimum absolute atomic E-state index is 0.0258. The van der Waals surface area contributed by atoms with Gasteiger partial charge in [-0.15, -0.1) is 0 Å². The fourth-order valence-electron chi connectivity index (χ4n) is 4.74. The van der Waals surface area contributed by atoms with E-state index < -0.39 is 14.3 Å². The van der Waals surface area contributed by atoms with E-state index in [0.717, 1.165) is 24.6 Å². The van der Waals surface area contributed by atoms with Crippen LogP contribution in [0.25, 0.3) is 0 Å². The maximum atomic E-state index is 11.2. The molecule has 0 bridgehead atoms. The summed E-state index contributed by atoms with van der Waals surface area (Å²) >= 11 is 0. The lowest BCUT2D eigenvalue weighted by Gasteiger charge is -2.35. The molecule has 2 unspecified atom stereocenters. The lowest BCUT2D eigenvalue weighted by atomic mass is 10.1. The number of rotatable bonds is 10. The van der Waals surface area contributed by atoms with Gasteiger partial charge in [0, 0.05) is 0 Å². The summed E-state index contributed by atoms with van der Waals surface area (Å²) in [6, 6.07) is 34.7. The van der Waals surface area contributed by atoms with Crippen LogP contribution in [0.15, 0.2) is 103 Å². The molecule has 0 aliphatic heterocycles. The highest BCUT2D eigenvalue weighted by Crippen LogP contribution is 2.31. The highest BCUT2D eigenvalue weighted by Gasteiger charge is 2.39. The van der Waals surface area contributed by atoms with Crippen molar-refractivity contribution in [2.75, 3.05) is 0 Å². The maximum absolute atomic E-state index is 11.2. The van der Waals surface area contributed by atoms with Crippen molar-refractivity contribution in [1.29, 1.82) is 0 Å². The Hall–Kier alpha value is -2.95. The fraction of sp³-hybridized carbons (Fsp3) is 0.250. The van der Waals surface area contributed by atoms with E-state index in [1.807, 2.05) is 6.08 Å². The molecule has 4 rings (SSSR count). The van der Waals surface area contributed by atoms with Crippen LogP contribution in [0, 0.1) is 5.92 Å². The monoisotopic (exact) mass is 442 g/mol. The van der Waals surface area contributed by atoms with E-state index in [-0.39, 0.29) is 18.4 Å². The third-order valence-electron chi connectivity index (χ3n) is 6.08. The molecule has 0 spiro atoms. The van der Waals surface area contributed by atoms with Crippen LogP contribution in [0.5, 0.6) is 0 Å². The predicted molar refractivity (Wildman–Crippen MR) is 131 cm³/mol. The second-order valence-electron chi connectivity index (χ2n) is 8.80. The van der Waals surface area contributed by atoms with Gasteiger partial charge in [0.05, 0.1) is 12.5 Å². The molecule has 0 aromatic heterocycles. The SMILES string of the molecule is O=C(O)CC1C=CC(O[Si](Cc2ccccc2)(Cc2ccccc2)Cc2ccccc2)C1. The van der Waals surface area contributed by atoms with Gasteiger partial charge in [-0.05, 0) is 47.2 Å². The summed E-state index contributed by atoms with van der Waals surface area (Å²) in [5.74, 6) is -0.698. The molecule has 3 aromatic carbocycles. The lowest BCUT2D eigenvalue weighted by molar-refractivity contribution is -0.137. The minimum Gasteiger partial charge on any atom is -0.481 e. The number of benzene rings is 3. The molecule has 164 valence electrons. The van der Waals surface area contributed by atoms with Crippen molar-refractivity contribution >= 4 is 14.3 Å². The number of carbonyl (C=O) groups is 1. The molecule has 0 saturated carbocycles. The summed E-state index contributed by atoms with van der Waals surface area (Å²) in [4.78, 5) is 11.2. The van der Waals surface area contributed by atoms with E-state index in [2.05, 4.69) is 97.1 Å². The number of allylic oxidation sites excluding steroid dienone is 1. The normalized spacial score (nSPS) is 18.0. The highest BCUT2D eigenvalue weighted by molar-refractivity contribution is 6.72. The number of hydrogen-bond acceptors (Lipinski definition) is 2. The molecule has 32 heavy (non-hydrogen) atoms. The molecular weight excluding hydrogens is 412 g/mol. The summed E-state index contributed by atoms with van der Waals surface area (Å²) in [5, 5.41) is 9.21. The van der Waals surface area contributed by atoms with Crippen LogP contribution in [0.4, 0.5) is 0 Å². The Morgan fingerprint density at radius 3 is 1.59 bits per heavy atom. The van der Waals surface area contributed by atoms with E-state index >= 15 is 0 Å². The van der Waals surface area contributed by atoms with Crippen molar-refractivity contribution in [3.05, 3.63) is 120 Å². The van der Waals surface area contributed by atoms with Gasteiger partial charge in [0.25, 0.3) is 0 Å². The smallest absolute Gasteiger partial charge is 0.303 e. The summed E-state index contributed by atoms with van der Waals surface area (Å²) in [6.07, 6.45) is 5.02. The Bertz CT molecular complexity index is 917. The molecular formula is C28H30O3Si. The third kappa shape index (κ3) is 6.28. The van der Waals surface area contributed by atoms with Gasteiger partial charge in [-0.2, -0.15) is 0 Å². The Balaban J connectivity index is 1.66. The third-order valence-corrected chi connectivity index (χ3v) is 10.0. The average molecular weight is 443 g/mol. The van der Waals surface area contributed by atoms with Crippen LogP contribution in [0.2, 0.25) is 0 Å². The van der Waals surface area contributed by atoms with Crippen molar-refractivity contribution < 1.29 is 14.3 Å². The Kier molecular flexibility index (Phi) is 7.35. The van der Waals surface area contributed by atoms with Gasteiger partial charge in [-0.1, -0.05) is 103 Å². The molecule has 3 nitrogen and oxygen atoms in total. The molecule has 1 N–H and O–H groups in total. The van der Waals surface area contributed by atoms with Crippen molar-refractivity contribution in [1.82, 2.24) is 0 Å². The first kappa shape index (κ1) is 22.2. The van der Waals surface area contributed by atoms with Gasteiger partial charge in [0.15, 0.2) is 0 Å². The molecule has 1 aliphatic carbocycles. The zero-order valence-electron chi connectivity index (χ0n) is 18.3. The fourth-order valence-corrected chi connectivity index (χ4v) is 9.12. The first-order valence-electron chi connectivity index (χ1n) is 11.3. The minimum atomic E-state index is -2.35. The van der Waals surface area contributed by atoms with E-state index in [9.17, 15) is 9.90 Å². The first-order valence-corrected chi connectivity index (χ1v) is 13.8. The van der Waals surface area contributed by atoms with Crippen LogP contribution < -0.4 is 0 Å². The Morgan fingerprint density at radius 1 is 0.750 bits per heavy atom. The van der Waals surface area contributed by atoms with E-state index in [1.165, 1.54) is 16.7 Å². The van der Waals surface area contributed by atoms with Gasteiger partial charge in [0.2, 0.25) is 8.32 Å². The number of carboxylic acid groups (broad SMARTS) is 1. The predicted octanol–water partition coefficient (Wildman–Crippen LogP) is 5.71. The Morgan fingerprint density at radius 2 is 1.19 bits per heavy atom. The second-order valence-corrected chi connectivity index (χ2v) is 12.5. The molecule has 2 atom stereocenters.